The zero-order valence-corrected chi connectivity index (χ0v) is 14.1. The zero-order chi connectivity index (χ0) is 17.8. The van der Waals surface area contributed by atoms with Crippen molar-refractivity contribution < 1.29 is 9.59 Å². The molecule has 2 aromatic heterocycles. The Hall–Kier alpha value is -3.31. The third-order valence-electron chi connectivity index (χ3n) is 4.70. The molecule has 5 nitrogen and oxygen atoms in total. The smallest absolute Gasteiger partial charge is 0.259 e. The first-order chi connectivity index (χ1) is 12.6. The van der Waals surface area contributed by atoms with Crippen molar-refractivity contribution in [1.29, 1.82) is 0 Å². The maximum Gasteiger partial charge on any atom is 0.259 e. The summed E-state index contributed by atoms with van der Waals surface area (Å²) >= 11 is 6.05. The van der Waals surface area contributed by atoms with Gasteiger partial charge in [-0.05, 0) is 18.2 Å². The molecule has 0 radical (unpaired) electrons. The fourth-order valence-electron chi connectivity index (χ4n) is 3.55. The molecule has 2 amide bonds. The summed E-state index contributed by atoms with van der Waals surface area (Å²) in [5.41, 5.74) is 3.86. The molecule has 0 saturated carbocycles. The Morgan fingerprint density at radius 3 is 2.08 bits per heavy atom. The van der Waals surface area contributed by atoms with Crippen LogP contribution in [0.15, 0.2) is 54.9 Å². The van der Waals surface area contributed by atoms with E-state index in [1.165, 1.54) is 0 Å². The van der Waals surface area contributed by atoms with Gasteiger partial charge in [-0.15, -0.1) is 0 Å². The van der Waals surface area contributed by atoms with Crippen molar-refractivity contribution >= 4 is 56.4 Å². The molecule has 2 aromatic carbocycles. The number of H-pyrrole nitrogens is 2. The predicted molar refractivity (Wildman–Crippen MR) is 102 cm³/mol. The van der Waals surface area contributed by atoms with Crippen LogP contribution in [0.4, 0.5) is 0 Å². The van der Waals surface area contributed by atoms with Gasteiger partial charge in [0.25, 0.3) is 11.8 Å². The molecule has 0 aliphatic carbocycles. The summed E-state index contributed by atoms with van der Waals surface area (Å²) in [6.45, 7) is 0. The molecule has 3 heterocycles. The molecular formula is C20H12ClN3O2. The average Bonchev–Trinajstić information content (AvgIpc) is 3.29. The van der Waals surface area contributed by atoms with Crippen LogP contribution in [0.1, 0.15) is 11.1 Å². The largest absolute Gasteiger partial charge is 0.361 e. The molecule has 4 aromatic rings. The number of fused-ring (bicyclic) bond motifs is 2. The van der Waals surface area contributed by atoms with Gasteiger partial charge >= 0.3 is 0 Å². The molecule has 1 aliphatic heterocycles. The Bertz CT molecular complexity index is 1260. The molecule has 126 valence electrons. The summed E-state index contributed by atoms with van der Waals surface area (Å²) in [4.78, 5) is 31.5. The highest BCUT2D eigenvalue weighted by molar-refractivity contribution is 6.50. The Kier molecular flexibility index (Phi) is 3.08. The number of rotatable bonds is 2. The van der Waals surface area contributed by atoms with Gasteiger partial charge in [-0.2, -0.15) is 0 Å². The van der Waals surface area contributed by atoms with Gasteiger partial charge in [-0.3, -0.25) is 14.9 Å². The van der Waals surface area contributed by atoms with E-state index in [9.17, 15) is 9.59 Å². The summed E-state index contributed by atoms with van der Waals surface area (Å²) < 4.78 is 0. The van der Waals surface area contributed by atoms with Crippen LogP contribution in [0, 0.1) is 0 Å². The molecule has 0 atom stereocenters. The molecular weight excluding hydrogens is 350 g/mol. The minimum atomic E-state index is -0.397. The number of aromatic nitrogens is 2. The summed E-state index contributed by atoms with van der Waals surface area (Å²) in [6.07, 6.45) is 3.51. The molecule has 26 heavy (non-hydrogen) atoms. The summed E-state index contributed by atoms with van der Waals surface area (Å²) in [6, 6.07) is 13.1. The van der Waals surface area contributed by atoms with Gasteiger partial charge in [0.2, 0.25) is 0 Å². The van der Waals surface area contributed by atoms with Gasteiger partial charge in [0.05, 0.1) is 11.1 Å². The number of aromatic amines is 2. The van der Waals surface area contributed by atoms with E-state index in [4.69, 9.17) is 11.6 Å². The monoisotopic (exact) mass is 361 g/mol. The van der Waals surface area contributed by atoms with Gasteiger partial charge in [0.1, 0.15) is 0 Å². The lowest BCUT2D eigenvalue weighted by Gasteiger charge is -2.03. The fraction of sp³-hybridized carbons (Fsp3) is 0. The van der Waals surface area contributed by atoms with Gasteiger partial charge in [-0.1, -0.05) is 35.9 Å². The number of hydrogen-bond acceptors (Lipinski definition) is 2. The van der Waals surface area contributed by atoms with Gasteiger partial charge in [0, 0.05) is 50.3 Å². The SMILES string of the molecule is O=C1NC(=O)C(c2c[nH]c3cc(Cl)ccc23)=C1c1c[nH]c2ccccc12. The summed E-state index contributed by atoms with van der Waals surface area (Å²) in [5, 5.41) is 4.76. The molecule has 6 heteroatoms. The van der Waals surface area contributed by atoms with E-state index in [1.54, 1.807) is 24.5 Å². The number of imide groups is 1. The molecule has 0 fully saturated rings. The number of hydrogen-bond donors (Lipinski definition) is 3. The van der Waals surface area contributed by atoms with Crippen LogP contribution in [-0.2, 0) is 9.59 Å². The van der Waals surface area contributed by atoms with Gasteiger partial charge < -0.3 is 9.97 Å². The average molecular weight is 362 g/mol. The lowest BCUT2D eigenvalue weighted by Crippen LogP contribution is -2.22. The second-order valence-electron chi connectivity index (χ2n) is 6.17. The van der Waals surface area contributed by atoms with Crippen LogP contribution in [0.3, 0.4) is 0 Å². The van der Waals surface area contributed by atoms with E-state index >= 15 is 0 Å². The van der Waals surface area contributed by atoms with E-state index in [0.717, 1.165) is 21.8 Å². The van der Waals surface area contributed by atoms with Crippen LogP contribution < -0.4 is 5.32 Å². The van der Waals surface area contributed by atoms with Crippen LogP contribution in [0.5, 0.6) is 0 Å². The summed E-state index contributed by atoms with van der Waals surface area (Å²) in [5.74, 6) is -0.788. The van der Waals surface area contributed by atoms with Crippen LogP contribution in [0.2, 0.25) is 5.02 Å². The van der Waals surface area contributed by atoms with Crippen LogP contribution in [0.25, 0.3) is 33.0 Å². The number of halogens is 1. The lowest BCUT2D eigenvalue weighted by atomic mass is 9.95. The number of para-hydroxylation sites is 1. The van der Waals surface area contributed by atoms with Crippen LogP contribution >= 0.6 is 11.6 Å². The predicted octanol–water partition coefficient (Wildman–Crippen LogP) is 3.87. The van der Waals surface area contributed by atoms with Gasteiger partial charge in [0.15, 0.2) is 0 Å². The molecule has 0 unspecified atom stereocenters. The van der Waals surface area contributed by atoms with Crippen molar-refractivity contribution in [3.05, 3.63) is 71.0 Å². The first kappa shape index (κ1) is 15.0. The standard InChI is InChI=1S/C20H12ClN3O2/c21-10-5-6-12-14(9-23-16(12)7-10)18-17(19(25)24-20(18)26)13-8-22-15-4-2-1-3-11(13)15/h1-9,22-23H,(H,24,25,26). The van der Waals surface area contributed by atoms with E-state index in [0.29, 0.717) is 27.3 Å². The van der Waals surface area contributed by atoms with Crippen molar-refractivity contribution in [2.75, 3.05) is 0 Å². The maximum absolute atomic E-state index is 12.6. The molecule has 3 N–H and O–H groups in total. The molecule has 1 aliphatic rings. The zero-order valence-electron chi connectivity index (χ0n) is 13.4. The molecule has 5 rings (SSSR count). The van der Waals surface area contributed by atoms with E-state index < -0.39 is 11.8 Å². The van der Waals surface area contributed by atoms with Crippen molar-refractivity contribution in [3.8, 4) is 0 Å². The fourth-order valence-corrected chi connectivity index (χ4v) is 3.72. The Morgan fingerprint density at radius 2 is 1.35 bits per heavy atom. The Labute approximate surface area is 152 Å². The third-order valence-corrected chi connectivity index (χ3v) is 4.94. The minimum Gasteiger partial charge on any atom is -0.361 e. The Balaban J connectivity index is 1.83. The molecule has 0 saturated heterocycles. The highest BCUT2D eigenvalue weighted by Crippen LogP contribution is 2.37. The number of benzene rings is 2. The number of carbonyl (C=O) groups excluding carboxylic acids is 2. The third kappa shape index (κ3) is 2.04. The topological polar surface area (TPSA) is 77.8 Å². The highest BCUT2D eigenvalue weighted by Gasteiger charge is 2.34. The molecule has 0 spiro atoms. The second-order valence-corrected chi connectivity index (χ2v) is 6.61. The lowest BCUT2D eigenvalue weighted by molar-refractivity contribution is -0.122. The van der Waals surface area contributed by atoms with Crippen molar-refractivity contribution in [2.45, 2.75) is 0 Å². The number of nitrogens with one attached hydrogen (secondary N) is 3. The van der Waals surface area contributed by atoms with Gasteiger partial charge in [-0.25, -0.2) is 0 Å². The second kappa shape index (κ2) is 5.34. The minimum absolute atomic E-state index is 0.369. The number of amides is 2. The highest BCUT2D eigenvalue weighted by atomic mass is 35.5. The maximum atomic E-state index is 12.6. The normalized spacial score (nSPS) is 14.7. The summed E-state index contributed by atoms with van der Waals surface area (Å²) in [7, 11) is 0. The van der Waals surface area contributed by atoms with Crippen LogP contribution in [-0.4, -0.2) is 21.8 Å². The Morgan fingerprint density at radius 1 is 0.731 bits per heavy atom. The van der Waals surface area contributed by atoms with E-state index in [1.807, 2.05) is 30.3 Å². The first-order valence-electron chi connectivity index (χ1n) is 8.07. The number of carbonyl (C=O) groups is 2. The van der Waals surface area contributed by atoms with Crippen molar-refractivity contribution in [1.82, 2.24) is 15.3 Å². The molecule has 0 bridgehead atoms. The van der Waals surface area contributed by atoms with E-state index in [2.05, 4.69) is 15.3 Å². The first-order valence-corrected chi connectivity index (χ1v) is 8.45. The van der Waals surface area contributed by atoms with Crippen molar-refractivity contribution in [3.63, 3.8) is 0 Å². The van der Waals surface area contributed by atoms with E-state index in [-0.39, 0.29) is 0 Å². The quantitative estimate of drug-likeness (QED) is 0.474. The van der Waals surface area contributed by atoms with Crippen molar-refractivity contribution in [2.24, 2.45) is 0 Å².